The molecule has 3 rings (SSSR count). The Bertz CT molecular complexity index is 934. The van der Waals surface area contributed by atoms with Crippen LogP contribution < -0.4 is 15.5 Å². The molecule has 1 aromatic heterocycles. The Hall–Kier alpha value is -2.75. The molecule has 0 radical (unpaired) electrons. The second kappa shape index (κ2) is 8.55. The molecular formula is C20H21F3N4O2S. The number of thioether (sulfide) groups is 1. The molecule has 2 N–H and O–H groups in total. The standard InChI is InChI=1S/C20H21F3N4O2S/c1-11(2)25-16-10-13(8-9-24-16)12(3)17-18(28)27(19(29)26-17)14-4-6-15(7-5-14)30-20(21,22)23/h4-12,17H,1-3H3,(H,24,25)(H,26,29). The van der Waals surface area contributed by atoms with Crippen LogP contribution in [0.1, 0.15) is 32.3 Å². The van der Waals surface area contributed by atoms with Crippen LogP contribution in [-0.4, -0.2) is 34.5 Å². The summed E-state index contributed by atoms with van der Waals surface area (Å²) in [4.78, 5) is 30.6. The Morgan fingerprint density at radius 2 is 1.80 bits per heavy atom. The molecule has 1 aliphatic rings. The SMILES string of the molecule is CC(C)Nc1cc(C(C)C2NC(=O)N(c3ccc(SC(F)(F)F)cc3)C2=O)ccn1. The highest BCUT2D eigenvalue weighted by Crippen LogP contribution is 2.37. The lowest BCUT2D eigenvalue weighted by Crippen LogP contribution is -2.35. The summed E-state index contributed by atoms with van der Waals surface area (Å²) in [5.41, 5.74) is -3.36. The molecule has 1 saturated heterocycles. The van der Waals surface area contributed by atoms with Gasteiger partial charge in [0.1, 0.15) is 11.9 Å². The lowest BCUT2D eigenvalue weighted by atomic mass is 9.94. The molecule has 2 atom stereocenters. The summed E-state index contributed by atoms with van der Waals surface area (Å²) in [5, 5.41) is 5.87. The molecule has 6 nitrogen and oxygen atoms in total. The van der Waals surface area contributed by atoms with Crippen molar-refractivity contribution in [3.8, 4) is 0 Å². The van der Waals surface area contributed by atoms with Crippen LogP contribution in [0.3, 0.4) is 0 Å². The number of carbonyl (C=O) groups excluding carboxylic acids is 2. The fourth-order valence-electron chi connectivity index (χ4n) is 3.18. The third-order valence-corrected chi connectivity index (χ3v) is 5.28. The predicted molar refractivity (Wildman–Crippen MR) is 110 cm³/mol. The second-order valence-electron chi connectivity index (χ2n) is 7.20. The quantitative estimate of drug-likeness (QED) is 0.503. The van der Waals surface area contributed by atoms with E-state index in [1.807, 2.05) is 26.8 Å². The number of anilines is 2. The van der Waals surface area contributed by atoms with Crippen molar-refractivity contribution in [2.24, 2.45) is 0 Å². The van der Waals surface area contributed by atoms with Crippen molar-refractivity contribution in [1.82, 2.24) is 10.3 Å². The van der Waals surface area contributed by atoms with Gasteiger partial charge >= 0.3 is 11.5 Å². The number of urea groups is 1. The monoisotopic (exact) mass is 438 g/mol. The van der Waals surface area contributed by atoms with E-state index in [1.165, 1.54) is 24.3 Å². The largest absolute Gasteiger partial charge is 0.446 e. The van der Waals surface area contributed by atoms with Crippen molar-refractivity contribution in [1.29, 1.82) is 0 Å². The van der Waals surface area contributed by atoms with Crippen LogP contribution in [0.4, 0.5) is 29.5 Å². The number of hydrogen-bond acceptors (Lipinski definition) is 5. The minimum atomic E-state index is -4.41. The highest BCUT2D eigenvalue weighted by Gasteiger charge is 2.42. The number of amides is 3. The Morgan fingerprint density at radius 1 is 1.13 bits per heavy atom. The highest BCUT2D eigenvalue weighted by atomic mass is 32.2. The number of imide groups is 1. The molecule has 1 fully saturated rings. The van der Waals surface area contributed by atoms with Gasteiger partial charge in [0.2, 0.25) is 0 Å². The first-order valence-electron chi connectivity index (χ1n) is 9.28. The fraction of sp³-hybridized carbons (Fsp3) is 0.350. The van der Waals surface area contributed by atoms with Gasteiger partial charge < -0.3 is 10.6 Å². The van der Waals surface area contributed by atoms with Crippen molar-refractivity contribution < 1.29 is 22.8 Å². The van der Waals surface area contributed by atoms with Crippen LogP contribution in [0.15, 0.2) is 47.5 Å². The second-order valence-corrected chi connectivity index (χ2v) is 8.34. The molecule has 1 aliphatic heterocycles. The van der Waals surface area contributed by atoms with E-state index in [-0.39, 0.29) is 34.3 Å². The van der Waals surface area contributed by atoms with Gasteiger partial charge in [-0.2, -0.15) is 13.2 Å². The number of halogens is 3. The van der Waals surface area contributed by atoms with E-state index in [9.17, 15) is 22.8 Å². The molecule has 0 bridgehead atoms. The van der Waals surface area contributed by atoms with Gasteiger partial charge in [-0.25, -0.2) is 14.7 Å². The highest BCUT2D eigenvalue weighted by molar-refractivity contribution is 8.00. The number of nitrogens with one attached hydrogen (secondary N) is 2. The Kier molecular flexibility index (Phi) is 6.25. The maximum atomic E-state index is 12.9. The molecule has 1 aromatic carbocycles. The number of carbonyl (C=O) groups is 2. The van der Waals surface area contributed by atoms with Crippen molar-refractivity contribution in [2.45, 2.75) is 49.2 Å². The normalized spacial score (nSPS) is 18.0. The van der Waals surface area contributed by atoms with Crippen LogP contribution in [0.2, 0.25) is 0 Å². The average molecular weight is 438 g/mol. The summed E-state index contributed by atoms with van der Waals surface area (Å²) in [6.07, 6.45) is 1.63. The first-order chi connectivity index (χ1) is 14.0. The number of aromatic nitrogens is 1. The van der Waals surface area contributed by atoms with E-state index in [2.05, 4.69) is 15.6 Å². The lowest BCUT2D eigenvalue weighted by Gasteiger charge is -2.19. The van der Waals surface area contributed by atoms with Gasteiger partial charge in [0.25, 0.3) is 5.91 Å². The van der Waals surface area contributed by atoms with E-state index in [4.69, 9.17) is 0 Å². The first kappa shape index (κ1) is 21.9. The molecular weight excluding hydrogens is 417 g/mol. The third kappa shape index (κ3) is 5.05. The van der Waals surface area contributed by atoms with Gasteiger partial charge in [-0.3, -0.25) is 4.79 Å². The molecule has 0 aliphatic carbocycles. The van der Waals surface area contributed by atoms with Crippen LogP contribution >= 0.6 is 11.8 Å². The number of alkyl halides is 3. The van der Waals surface area contributed by atoms with Crippen molar-refractivity contribution in [3.05, 3.63) is 48.2 Å². The van der Waals surface area contributed by atoms with E-state index >= 15 is 0 Å². The van der Waals surface area contributed by atoms with Gasteiger partial charge in [-0.1, -0.05) is 6.92 Å². The minimum Gasteiger partial charge on any atom is -0.368 e. The number of hydrogen-bond donors (Lipinski definition) is 2. The summed E-state index contributed by atoms with van der Waals surface area (Å²) in [6.45, 7) is 5.79. The average Bonchev–Trinajstić information content (AvgIpc) is 2.94. The molecule has 2 unspecified atom stereocenters. The predicted octanol–water partition coefficient (Wildman–Crippen LogP) is 4.74. The van der Waals surface area contributed by atoms with E-state index in [1.54, 1.807) is 12.3 Å². The summed E-state index contributed by atoms with van der Waals surface area (Å²) in [6, 6.07) is 7.51. The zero-order valence-corrected chi connectivity index (χ0v) is 17.3. The topological polar surface area (TPSA) is 74.3 Å². The van der Waals surface area contributed by atoms with Crippen LogP contribution in [0.25, 0.3) is 0 Å². The van der Waals surface area contributed by atoms with Gasteiger partial charge in [0.15, 0.2) is 0 Å². The third-order valence-electron chi connectivity index (χ3n) is 4.54. The summed E-state index contributed by atoms with van der Waals surface area (Å²) >= 11 is -0.254. The zero-order chi connectivity index (χ0) is 22.1. The molecule has 160 valence electrons. The lowest BCUT2D eigenvalue weighted by molar-refractivity contribution is -0.118. The number of rotatable bonds is 6. The number of benzene rings is 1. The Balaban J connectivity index is 1.77. The molecule has 3 amide bonds. The molecule has 10 heteroatoms. The zero-order valence-electron chi connectivity index (χ0n) is 16.5. The minimum absolute atomic E-state index is 0.0230. The van der Waals surface area contributed by atoms with Crippen molar-refractivity contribution >= 4 is 35.2 Å². The van der Waals surface area contributed by atoms with Crippen LogP contribution in [-0.2, 0) is 4.79 Å². The van der Waals surface area contributed by atoms with E-state index in [0.717, 1.165) is 10.5 Å². The summed E-state index contributed by atoms with van der Waals surface area (Å²) in [5.74, 6) is -0.123. The smallest absolute Gasteiger partial charge is 0.368 e. The van der Waals surface area contributed by atoms with E-state index < -0.39 is 23.5 Å². The molecule has 0 spiro atoms. The van der Waals surface area contributed by atoms with E-state index in [0.29, 0.717) is 5.82 Å². The molecule has 30 heavy (non-hydrogen) atoms. The van der Waals surface area contributed by atoms with Crippen LogP contribution in [0.5, 0.6) is 0 Å². The van der Waals surface area contributed by atoms with Gasteiger partial charge in [0.05, 0.1) is 5.69 Å². The van der Waals surface area contributed by atoms with Crippen molar-refractivity contribution in [2.75, 3.05) is 10.2 Å². The van der Waals surface area contributed by atoms with Crippen LogP contribution in [0, 0.1) is 0 Å². The molecule has 2 aromatic rings. The van der Waals surface area contributed by atoms with Gasteiger partial charge in [0, 0.05) is 23.1 Å². The molecule has 2 heterocycles. The Morgan fingerprint density at radius 3 is 2.40 bits per heavy atom. The maximum Gasteiger partial charge on any atom is 0.446 e. The Labute approximate surface area is 176 Å². The number of pyridine rings is 1. The van der Waals surface area contributed by atoms with Gasteiger partial charge in [-0.15, -0.1) is 0 Å². The first-order valence-corrected chi connectivity index (χ1v) is 10.1. The van der Waals surface area contributed by atoms with Gasteiger partial charge in [-0.05, 0) is 67.6 Å². The number of nitrogens with zero attached hydrogens (tertiary/aromatic N) is 2. The summed E-state index contributed by atoms with van der Waals surface area (Å²) in [7, 11) is 0. The summed E-state index contributed by atoms with van der Waals surface area (Å²) < 4.78 is 37.5. The molecule has 0 saturated carbocycles. The maximum absolute atomic E-state index is 12.9. The fourth-order valence-corrected chi connectivity index (χ4v) is 3.72. The van der Waals surface area contributed by atoms with Crippen molar-refractivity contribution in [3.63, 3.8) is 0 Å².